The van der Waals surface area contributed by atoms with Gasteiger partial charge in [0.05, 0.1) is 0 Å². The van der Waals surface area contributed by atoms with E-state index in [0.29, 0.717) is 5.54 Å². The van der Waals surface area contributed by atoms with Crippen LogP contribution in [0.15, 0.2) is 4.99 Å². The second-order valence-corrected chi connectivity index (χ2v) is 9.52. The molecule has 6 heteroatoms. The van der Waals surface area contributed by atoms with Crippen molar-refractivity contribution >= 4 is 29.9 Å². The number of guanidine groups is 1. The maximum absolute atomic E-state index is 4.54. The van der Waals surface area contributed by atoms with Gasteiger partial charge in [-0.3, -0.25) is 9.89 Å². The molecule has 5 nitrogen and oxygen atoms in total. The third-order valence-electron chi connectivity index (χ3n) is 7.56. The van der Waals surface area contributed by atoms with E-state index < -0.39 is 0 Å². The van der Waals surface area contributed by atoms with Crippen LogP contribution < -0.4 is 10.6 Å². The lowest BCUT2D eigenvalue weighted by Crippen LogP contribution is -2.59. The van der Waals surface area contributed by atoms with Gasteiger partial charge >= 0.3 is 0 Å². The zero-order valence-corrected chi connectivity index (χ0v) is 20.3. The molecule has 2 saturated carbocycles. The Morgan fingerprint density at radius 2 is 1.64 bits per heavy atom. The van der Waals surface area contributed by atoms with Crippen molar-refractivity contribution < 1.29 is 0 Å². The molecule has 0 radical (unpaired) electrons. The molecular weight excluding hydrogens is 461 g/mol. The summed E-state index contributed by atoms with van der Waals surface area (Å²) in [5.74, 6) is 1.80. The van der Waals surface area contributed by atoms with Gasteiger partial charge in [-0.25, -0.2) is 0 Å². The smallest absolute Gasteiger partial charge is 0.191 e. The highest BCUT2D eigenvalue weighted by molar-refractivity contribution is 14.0. The highest BCUT2D eigenvalue weighted by Crippen LogP contribution is 2.35. The molecule has 1 atom stereocenters. The van der Waals surface area contributed by atoms with Gasteiger partial charge in [0.2, 0.25) is 0 Å². The highest BCUT2D eigenvalue weighted by atomic mass is 127. The Labute approximate surface area is 189 Å². The topological polar surface area (TPSA) is 42.9 Å². The summed E-state index contributed by atoms with van der Waals surface area (Å²) in [5, 5.41) is 7.38. The van der Waals surface area contributed by atoms with Crippen LogP contribution in [0.25, 0.3) is 0 Å². The maximum atomic E-state index is 4.54. The van der Waals surface area contributed by atoms with E-state index in [0.717, 1.165) is 31.0 Å². The van der Waals surface area contributed by atoms with Crippen LogP contribution >= 0.6 is 24.0 Å². The summed E-state index contributed by atoms with van der Waals surface area (Å²) < 4.78 is 0. The van der Waals surface area contributed by atoms with Gasteiger partial charge in [0, 0.05) is 38.3 Å². The number of likely N-dealkylation sites (tertiary alicyclic amines) is 2. The fourth-order valence-electron chi connectivity index (χ4n) is 5.69. The molecule has 2 saturated heterocycles. The molecule has 162 valence electrons. The van der Waals surface area contributed by atoms with E-state index >= 15 is 0 Å². The Balaban J connectivity index is 0.00000225. The fourth-order valence-corrected chi connectivity index (χ4v) is 5.69. The van der Waals surface area contributed by atoms with Crippen molar-refractivity contribution in [3.8, 4) is 0 Å². The number of nitrogens with one attached hydrogen (secondary N) is 2. The molecule has 0 amide bonds. The van der Waals surface area contributed by atoms with Gasteiger partial charge < -0.3 is 15.5 Å². The molecule has 0 aromatic rings. The molecule has 0 aromatic carbocycles. The first-order valence-corrected chi connectivity index (χ1v) is 11.7. The number of halogens is 1. The summed E-state index contributed by atoms with van der Waals surface area (Å²) in [5.41, 5.74) is 0.367. The average molecular weight is 504 g/mol. The minimum atomic E-state index is 0. The SMILES string of the molecule is CN=C(NCC1CCN(C2CC2)C1)NCC1(N2CCCCC2)CCCCC1.I. The van der Waals surface area contributed by atoms with Crippen LogP contribution in [0.1, 0.15) is 70.6 Å². The quantitative estimate of drug-likeness (QED) is 0.331. The van der Waals surface area contributed by atoms with E-state index in [4.69, 9.17) is 0 Å². The first kappa shape index (κ1) is 22.6. The van der Waals surface area contributed by atoms with Crippen LogP contribution in [0.3, 0.4) is 0 Å². The number of nitrogens with zero attached hydrogens (tertiary/aromatic N) is 3. The van der Waals surface area contributed by atoms with Crippen molar-refractivity contribution in [1.29, 1.82) is 0 Å². The van der Waals surface area contributed by atoms with Gasteiger partial charge in [0.25, 0.3) is 0 Å². The second-order valence-electron chi connectivity index (χ2n) is 9.52. The lowest BCUT2D eigenvalue weighted by Gasteiger charge is -2.48. The normalized spacial score (nSPS) is 29.3. The van der Waals surface area contributed by atoms with Crippen LogP contribution in [0.2, 0.25) is 0 Å². The monoisotopic (exact) mass is 503 g/mol. The van der Waals surface area contributed by atoms with Crippen LogP contribution in [0.4, 0.5) is 0 Å². The van der Waals surface area contributed by atoms with Gasteiger partial charge in [-0.05, 0) is 70.5 Å². The third-order valence-corrected chi connectivity index (χ3v) is 7.56. The van der Waals surface area contributed by atoms with Crippen LogP contribution in [-0.2, 0) is 0 Å². The Morgan fingerprint density at radius 3 is 2.32 bits per heavy atom. The van der Waals surface area contributed by atoms with E-state index in [9.17, 15) is 0 Å². The first-order valence-electron chi connectivity index (χ1n) is 11.7. The van der Waals surface area contributed by atoms with Crippen molar-refractivity contribution in [2.24, 2.45) is 10.9 Å². The van der Waals surface area contributed by atoms with E-state index in [1.54, 1.807) is 0 Å². The lowest BCUT2D eigenvalue weighted by molar-refractivity contribution is 0.0368. The summed E-state index contributed by atoms with van der Waals surface area (Å²) in [7, 11) is 1.93. The van der Waals surface area contributed by atoms with E-state index in [-0.39, 0.29) is 24.0 Å². The van der Waals surface area contributed by atoms with Crippen molar-refractivity contribution in [2.75, 3.05) is 46.3 Å². The standard InChI is InChI=1S/C22H41N5.HI/c1-23-21(24-16-19-10-15-26(17-19)20-8-9-20)25-18-22(11-4-2-5-12-22)27-13-6-3-7-14-27;/h19-20H,2-18H2,1H3,(H2,23,24,25);1H. The fraction of sp³-hybridized carbons (Fsp3) is 0.955. The summed E-state index contributed by atoms with van der Waals surface area (Å²) in [6, 6.07) is 0.920. The van der Waals surface area contributed by atoms with Gasteiger partial charge in [-0.2, -0.15) is 0 Å². The average Bonchev–Trinajstić information content (AvgIpc) is 3.48. The molecule has 0 aromatic heterocycles. The minimum absolute atomic E-state index is 0. The van der Waals surface area contributed by atoms with Crippen molar-refractivity contribution in [2.45, 2.75) is 82.2 Å². The molecule has 2 N–H and O–H groups in total. The molecule has 1 unspecified atom stereocenters. The molecular formula is C22H42IN5. The lowest BCUT2D eigenvalue weighted by atomic mass is 9.79. The number of rotatable bonds is 6. The molecule has 4 rings (SSSR count). The van der Waals surface area contributed by atoms with Crippen molar-refractivity contribution in [3.63, 3.8) is 0 Å². The Hall–Kier alpha value is -0.0800. The second kappa shape index (κ2) is 10.8. The van der Waals surface area contributed by atoms with E-state index in [2.05, 4.69) is 25.4 Å². The molecule has 28 heavy (non-hydrogen) atoms. The van der Waals surface area contributed by atoms with Gasteiger partial charge in [0.15, 0.2) is 5.96 Å². The van der Waals surface area contributed by atoms with E-state index in [1.165, 1.54) is 96.8 Å². The van der Waals surface area contributed by atoms with Gasteiger partial charge in [-0.15, -0.1) is 24.0 Å². The summed E-state index contributed by atoms with van der Waals surface area (Å²) in [6.45, 7) is 7.32. The van der Waals surface area contributed by atoms with Crippen LogP contribution in [0, 0.1) is 5.92 Å². The molecule has 4 fully saturated rings. The zero-order chi connectivity index (χ0) is 18.5. The molecule has 4 aliphatic rings. The van der Waals surface area contributed by atoms with E-state index in [1.807, 2.05) is 7.05 Å². The van der Waals surface area contributed by atoms with Gasteiger partial charge in [0.1, 0.15) is 0 Å². The number of hydrogen-bond acceptors (Lipinski definition) is 3. The minimum Gasteiger partial charge on any atom is -0.356 e. The van der Waals surface area contributed by atoms with Crippen LogP contribution in [0.5, 0.6) is 0 Å². The number of piperidine rings is 1. The first-order chi connectivity index (χ1) is 13.3. The molecule has 2 aliphatic carbocycles. The van der Waals surface area contributed by atoms with Crippen molar-refractivity contribution in [3.05, 3.63) is 0 Å². The number of aliphatic imine (C=N–C) groups is 1. The number of hydrogen-bond donors (Lipinski definition) is 2. The highest BCUT2D eigenvalue weighted by Gasteiger charge is 2.38. The third kappa shape index (κ3) is 5.75. The summed E-state index contributed by atoms with van der Waals surface area (Å²) in [6.07, 6.45) is 15.3. The Morgan fingerprint density at radius 1 is 0.929 bits per heavy atom. The Kier molecular flexibility index (Phi) is 8.72. The Bertz CT molecular complexity index is 495. The maximum Gasteiger partial charge on any atom is 0.191 e. The molecule has 0 spiro atoms. The molecule has 2 heterocycles. The predicted molar refractivity (Wildman–Crippen MR) is 129 cm³/mol. The molecule has 0 bridgehead atoms. The zero-order valence-electron chi connectivity index (χ0n) is 17.9. The van der Waals surface area contributed by atoms with Crippen molar-refractivity contribution in [1.82, 2.24) is 20.4 Å². The predicted octanol–water partition coefficient (Wildman–Crippen LogP) is 3.44. The largest absolute Gasteiger partial charge is 0.356 e. The molecule has 2 aliphatic heterocycles. The van der Waals surface area contributed by atoms with Gasteiger partial charge in [-0.1, -0.05) is 25.7 Å². The summed E-state index contributed by atoms with van der Waals surface area (Å²) in [4.78, 5) is 10.1. The van der Waals surface area contributed by atoms with Crippen LogP contribution in [-0.4, -0.2) is 73.7 Å². The summed E-state index contributed by atoms with van der Waals surface area (Å²) >= 11 is 0.